The van der Waals surface area contributed by atoms with Crippen molar-refractivity contribution < 1.29 is 19.2 Å². The zero-order chi connectivity index (χ0) is 26.9. The van der Waals surface area contributed by atoms with Gasteiger partial charge in [0.05, 0.1) is 22.5 Å². The Morgan fingerprint density at radius 2 is 1.41 bits per heavy atom. The van der Waals surface area contributed by atoms with Gasteiger partial charge in [0.25, 0.3) is 11.8 Å². The molecule has 0 spiro atoms. The van der Waals surface area contributed by atoms with Crippen molar-refractivity contribution >= 4 is 29.3 Å². The maximum Gasteiger partial charge on any atom is 0.262 e. The van der Waals surface area contributed by atoms with Crippen LogP contribution in [0.25, 0.3) is 0 Å². The fraction of sp³-hybridized carbons (Fsp3) is 0.481. The van der Waals surface area contributed by atoms with Gasteiger partial charge in [0, 0.05) is 77.6 Å². The van der Waals surface area contributed by atoms with Gasteiger partial charge in [-0.05, 0) is 36.8 Å². The molecule has 0 aliphatic carbocycles. The van der Waals surface area contributed by atoms with E-state index >= 15 is 0 Å². The van der Waals surface area contributed by atoms with Crippen molar-refractivity contribution in [2.75, 3.05) is 57.3 Å². The number of aromatic nitrogens is 2. The van der Waals surface area contributed by atoms with Crippen LogP contribution in [-0.4, -0.2) is 107 Å². The van der Waals surface area contributed by atoms with E-state index in [2.05, 4.69) is 47.7 Å². The van der Waals surface area contributed by atoms with Crippen LogP contribution in [0.3, 0.4) is 0 Å². The predicted octanol–water partition coefficient (Wildman–Crippen LogP) is -0.395. The number of carbonyl (C=O) groups is 4. The lowest BCUT2D eigenvalue weighted by Crippen LogP contribution is -2.54. The maximum atomic E-state index is 13.2. The number of nitrogens with zero attached hydrogens (tertiary/aromatic N) is 6. The summed E-state index contributed by atoms with van der Waals surface area (Å²) in [7, 11) is 0. The number of amides is 4. The number of piperazine rings is 2. The number of nitrogens with one attached hydrogen (secondary N) is 2. The van der Waals surface area contributed by atoms with E-state index in [0.717, 1.165) is 87.4 Å². The van der Waals surface area contributed by atoms with Gasteiger partial charge in [-0.25, -0.2) is 0 Å². The summed E-state index contributed by atoms with van der Waals surface area (Å²) in [6.45, 7) is 8.84. The summed E-state index contributed by atoms with van der Waals surface area (Å²) in [6.07, 6.45) is 0.250. The first-order valence-corrected chi connectivity index (χ1v) is 13.5. The Morgan fingerprint density at radius 1 is 0.769 bits per heavy atom. The minimum absolute atomic E-state index is 0.103. The van der Waals surface area contributed by atoms with Crippen LogP contribution in [0.4, 0.5) is 5.69 Å². The number of anilines is 1. The van der Waals surface area contributed by atoms with Crippen molar-refractivity contribution in [1.82, 2.24) is 35.5 Å². The molecular formula is C27H32N8O4. The van der Waals surface area contributed by atoms with E-state index in [0.29, 0.717) is 11.1 Å². The highest BCUT2D eigenvalue weighted by Gasteiger charge is 2.44. The number of carbonyl (C=O) groups excluding carboxylic acids is 4. The topological polar surface area (TPSA) is 131 Å². The first kappa shape index (κ1) is 25.5. The molecule has 2 aromatic rings. The molecule has 4 aliphatic rings. The Kier molecular flexibility index (Phi) is 7.07. The average Bonchev–Trinajstić information content (AvgIpc) is 3.20. The highest BCUT2D eigenvalue weighted by Crippen LogP contribution is 2.31. The summed E-state index contributed by atoms with van der Waals surface area (Å²) in [6, 6.07) is 8.45. The average molecular weight is 533 g/mol. The van der Waals surface area contributed by atoms with Gasteiger partial charge in [-0.2, -0.15) is 10.2 Å². The lowest BCUT2D eigenvalue weighted by molar-refractivity contribution is -0.136. The highest BCUT2D eigenvalue weighted by atomic mass is 16.2. The molecule has 1 aromatic heterocycles. The number of imide groups is 2. The van der Waals surface area contributed by atoms with Gasteiger partial charge >= 0.3 is 0 Å². The van der Waals surface area contributed by atoms with E-state index in [-0.39, 0.29) is 18.7 Å². The summed E-state index contributed by atoms with van der Waals surface area (Å²) in [5, 5.41) is 14.5. The van der Waals surface area contributed by atoms with Gasteiger partial charge in [0.2, 0.25) is 11.8 Å². The van der Waals surface area contributed by atoms with Crippen molar-refractivity contribution in [1.29, 1.82) is 0 Å². The Balaban J connectivity index is 1.05. The van der Waals surface area contributed by atoms with Crippen molar-refractivity contribution in [3.63, 3.8) is 0 Å². The molecule has 3 saturated heterocycles. The van der Waals surface area contributed by atoms with Crippen molar-refractivity contribution in [3.8, 4) is 0 Å². The molecule has 39 heavy (non-hydrogen) atoms. The molecule has 2 N–H and O–H groups in total. The van der Waals surface area contributed by atoms with Crippen LogP contribution >= 0.6 is 0 Å². The monoisotopic (exact) mass is 532 g/mol. The third kappa shape index (κ3) is 5.27. The molecule has 0 saturated carbocycles. The summed E-state index contributed by atoms with van der Waals surface area (Å²) in [5.74, 6) is -1.95. The molecule has 12 heteroatoms. The van der Waals surface area contributed by atoms with Crippen LogP contribution in [0.1, 0.15) is 44.9 Å². The summed E-state index contributed by atoms with van der Waals surface area (Å²) in [5.41, 5.74) is 3.41. The Bertz CT molecular complexity index is 1290. The molecule has 4 amide bonds. The number of benzene rings is 1. The van der Waals surface area contributed by atoms with Crippen LogP contribution in [0.15, 0.2) is 30.3 Å². The van der Waals surface area contributed by atoms with Crippen LogP contribution < -0.4 is 15.5 Å². The third-order valence-corrected chi connectivity index (χ3v) is 7.92. The Hall–Kier alpha value is -3.74. The van der Waals surface area contributed by atoms with Crippen LogP contribution in [0, 0.1) is 0 Å². The second-order valence-corrected chi connectivity index (χ2v) is 10.5. The van der Waals surface area contributed by atoms with E-state index in [1.165, 1.54) is 0 Å². The normalized spacial score (nSPS) is 22.8. The van der Waals surface area contributed by atoms with E-state index in [4.69, 9.17) is 0 Å². The molecule has 3 fully saturated rings. The number of hydrogen-bond acceptors (Lipinski definition) is 10. The number of hydrogen-bond donors (Lipinski definition) is 2. The maximum absolute atomic E-state index is 13.2. The number of rotatable bonds is 6. The van der Waals surface area contributed by atoms with Gasteiger partial charge < -0.3 is 10.2 Å². The Morgan fingerprint density at radius 3 is 2.05 bits per heavy atom. The molecule has 12 nitrogen and oxygen atoms in total. The molecular weight excluding hydrogens is 500 g/mol. The first-order chi connectivity index (χ1) is 19.0. The van der Waals surface area contributed by atoms with Gasteiger partial charge in [0.1, 0.15) is 6.04 Å². The molecule has 1 aromatic carbocycles. The van der Waals surface area contributed by atoms with E-state index in [9.17, 15) is 19.2 Å². The minimum Gasteiger partial charge on any atom is -0.369 e. The molecule has 6 rings (SSSR count). The molecule has 4 aliphatic heterocycles. The molecule has 0 radical (unpaired) electrons. The smallest absolute Gasteiger partial charge is 0.262 e. The number of piperidine rings is 1. The van der Waals surface area contributed by atoms with E-state index in [1.807, 2.05) is 6.07 Å². The standard InChI is InChI=1S/C27H32N8O4/c36-24-6-5-23(25(37)29-24)35-26(38)21-4-3-20(15-22(21)27(35)39)34-13-11-33(12-14-34)17-19-2-1-18(30-31-19)16-32-9-7-28-8-10-32/h1-4,15,23,28H,5-14,16-17H2,(H,29,36,37). The fourth-order valence-electron chi connectivity index (χ4n) is 5.70. The van der Waals surface area contributed by atoms with Crippen LogP contribution in [0.2, 0.25) is 0 Å². The second-order valence-electron chi connectivity index (χ2n) is 10.5. The quantitative estimate of drug-likeness (QED) is 0.474. The lowest BCUT2D eigenvalue weighted by Gasteiger charge is -2.36. The summed E-state index contributed by atoms with van der Waals surface area (Å²) in [4.78, 5) is 57.8. The molecule has 1 atom stereocenters. The highest BCUT2D eigenvalue weighted by molar-refractivity contribution is 6.23. The van der Waals surface area contributed by atoms with E-state index < -0.39 is 23.8 Å². The zero-order valence-electron chi connectivity index (χ0n) is 21.8. The molecule has 5 heterocycles. The summed E-state index contributed by atoms with van der Waals surface area (Å²) >= 11 is 0. The zero-order valence-corrected chi connectivity index (χ0v) is 21.8. The van der Waals surface area contributed by atoms with Crippen molar-refractivity contribution in [2.24, 2.45) is 0 Å². The van der Waals surface area contributed by atoms with Gasteiger partial charge in [-0.1, -0.05) is 0 Å². The molecule has 0 bridgehead atoms. The molecule has 204 valence electrons. The SMILES string of the molecule is O=C1CCC(N2C(=O)c3ccc(N4CCN(Cc5ccc(CN6CCNCC6)nn5)CC4)cc3C2=O)C(=O)N1. The Labute approximate surface area is 226 Å². The van der Waals surface area contributed by atoms with Gasteiger partial charge in [0.15, 0.2) is 0 Å². The predicted molar refractivity (Wildman–Crippen MR) is 141 cm³/mol. The minimum atomic E-state index is -0.957. The van der Waals surface area contributed by atoms with Crippen molar-refractivity contribution in [2.45, 2.75) is 32.0 Å². The van der Waals surface area contributed by atoms with Crippen molar-refractivity contribution in [3.05, 3.63) is 52.8 Å². The first-order valence-electron chi connectivity index (χ1n) is 13.5. The number of fused-ring (bicyclic) bond motifs is 1. The second kappa shape index (κ2) is 10.8. The largest absolute Gasteiger partial charge is 0.369 e. The molecule has 1 unspecified atom stereocenters. The fourth-order valence-corrected chi connectivity index (χ4v) is 5.70. The van der Waals surface area contributed by atoms with Gasteiger partial charge in [-0.3, -0.25) is 39.2 Å². The van der Waals surface area contributed by atoms with Crippen LogP contribution in [0.5, 0.6) is 0 Å². The van der Waals surface area contributed by atoms with Gasteiger partial charge in [-0.15, -0.1) is 0 Å². The lowest BCUT2D eigenvalue weighted by atomic mass is 10.0. The third-order valence-electron chi connectivity index (χ3n) is 7.92. The van der Waals surface area contributed by atoms with E-state index in [1.54, 1.807) is 12.1 Å². The van der Waals surface area contributed by atoms with Crippen LogP contribution in [-0.2, 0) is 22.7 Å². The summed E-state index contributed by atoms with van der Waals surface area (Å²) < 4.78 is 0.